The average Bonchev–Trinajstić information content (AvgIpc) is 3.23. The molecule has 1 aliphatic rings. The fourth-order valence-electron chi connectivity index (χ4n) is 2.30. The summed E-state index contributed by atoms with van der Waals surface area (Å²) in [4.78, 5) is 16.6. The molecule has 0 unspecified atom stereocenters. The van der Waals surface area contributed by atoms with Crippen molar-refractivity contribution in [2.45, 2.75) is 18.9 Å². The van der Waals surface area contributed by atoms with Gasteiger partial charge in [0, 0.05) is 45.2 Å². The van der Waals surface area contributed by atoms with Crippen molar-refractivity contribution in [1.29, 1.82) is 0 Å². The van der Waals surface area contributed by atoms with Gasteiger partial charge in [-0.3, -0.25) is 4.79 Å². The number of carbonyl (C=O) groups excluding carboxylic acids is 1. The van der Waals surface area contributed by atoms with Gasteiger partial charge in [0.15, 0.2) is 0 Å². The van der Waals surface area contributed by atoms with Crippen LogP contribution in [0.3, 0.4) is 0 Å². The van der Waals surface area contributed by atoms with Crippen LogP contribution in [0.5, 0.6) is 0 Å². The summed E-state index contributed by atoms with van der Waals surface area (Å²) in [5.74, 6) is 0.0422. The number of nitrogens with zero attached hydrogens (tertiary/aromatic N) is 2. The van der Waals surface area contributed by atoms with Crippen LogP contribution in [-0.2, 0) is 4.74 Å². The third-order valence-electron chi connectivity index (χ3n) is 3.52. The van der Waals surface area contributed by atoms with Crippen molar-refractivity contribution < 1.29 is 9.53 Å². The second-order valence-electron chi connectivity index (χ2n) is 5.39. The Bertz CT molecular complexity index is 484. The number of anilines is 2. The van der Waals surface area contributed by atoms with Crippen LogP contribution in [0.2, 0.25) is 0 Å². The van der Waals surface area contributed by atoms with E-state index in [1.54, 1.807) is 13.2 Å². The van der Waals surface area contributed by atoms with Gasteiger partial charge in [0.1, 0.15) is 0 Å². The molecular formula is C15H23N3O2. The van der Waals surface area contributed by atoms with E-state index in [1.807, 2.05) is 36.0 Å². The summed E-state index contributed by atoms with van der Waals surface area (Å²) in [5.41, 5.74) is 8.02. The van der Waals surface area contributed by atoms with E-state index >= 15 is 0 Å². The van der Waals surface area contributed by atoms with E-state index in [4.69, 9.17) is 10.5 Å². The zero-order chi connectivity index (χ0) is 14.7. The number of carbonyl (C=O) groups is 1. The lowest BCUT2D eigenvalue weighted by Crippen LogP contribution is -2.36. The van der Waals surface area contributed by atoms with E-state index in [2.05, 4.69) is 0 Å². The Labute approximate surface area is 120 Å². The van der Waals surface area contributed by atoms with Crippen LogP contribution in [-0.4, -0.2) is 51.2 Å². The van der Waals surface area contributed by atoms with Gasteiger partial charge >= 0.3 is 0 Å². The van der Waals surface area contributed by atoms with E-state index < -0.39 is 0 Å². The van der Waals surface area contributed by atoms with Gasteiger partial charge < -0.3 is 20.3 Å². The molecule has 0 bridgehead atoms. The summed E-state index contributed by atoms with van der Waals surface area (Å²) in [7, 11) is 5.51. The maximum absolute atomic E-state index is 12.8. The standard InChI is InChI=1S/C15H23N3O2/c1-17(2)14-7-4-11(16)10-13(14)15(19)18(8-9-20-3)12-5-6-12/h4,7,10,12H,5-6,8-9,16H2,1-3H3. The molecule has 1 aromatic rings. The number of amides is 1. The van der Waals surface area contributed by atoms with Crippen LogP contribution in [0.1, 0.15) is 23.2 Å². The Hall–Kier alpha value is -1.75. The number of hydrogen-bond donors (Lipinski definition) is 1. The molecule has 0 aromatic heterocycles. The fourth-order valence-corrected chi connectivity index (χ4v) is 2.30. The van der Waals surface area contributed by atoms with Gasteiger partial charge in [-0.15, -0.1) is 0 Å². The summed E-state index contributed by atoms with van der Waals surface area (Å²) >= 11 is 0. The van der Waals surface area contributed by atoms with Gasteiger partial charge in [-0.1, -0.05) is 0 Å². The lowest BCUT2D eigenvalue weighted by Gasteiger charge is -2.25. The zero-order valence-electron chi connectivity index (χ0n) is 12.4. The summed E-state index contributed by atoms with van der Waals surface area (Å²) in [6, 6.07) is 5.83. The molecule has 110 valence electrons. The smallest absolute Gasteiger partial charge is 0.256 e. The predicted octanol–water partition coefficient (Wildman–Crippen LogP) is 1.59. The summed E-state index contributed by atoms with van der Waals surface area (Å²) in [6.07, 6.45) is 2.16. The Balaban J connectivity index is 2.28. The summed E-state index contributed by atoms with van der Waals surface area (Å²) in [6.45, 7) is 1.18. The molecule has 1 amide bonds. The van der Waals surface area contributed by atoms with Gasteiger partial charge in [-0.2, -0.15) is 0 Å². The molecule has 5 nitrogen and oxygen atoms in total. The van der Waals surface area contributed by atoms with E-state index in [1.165, 1.54) is 0 Å². The van der Waals surface area contributed by atoms with E-state index in [9.17, 15) is 4.79 Å². The molecule has 1 fully saturated rings. The molecule has 0 aliphatic heterocycles. The fraction of sp³-hybridized carbons (Fsp3) is 0.533. The Morgan fingerprint density at radius 3 is 2.65 bits per heavy atom. The van der Waals surface area contributed by atoms with Gasteiger partial charge in [-0.05, 0) is 31.0 Å². The molecule has 0 radical (unpaired) electrons. The number of ether oxygens (including phenoxy) is 1. The van der Waals surface area contributed by atoms with Gasteiger partial charge in [0.25, 0.3) is 5.91 Å². The van der Waals surface area contributed by atoms with Crippen LogP contribution in [0.25, 0.3) is 0 Å². The average molecular weight is 277 g/mol. The minimum atomic E-state index is 0.0422. The first kappa shape index (κ1) is 14.7. The van der Waals surface area contributed by atoms with Gasteiger partial charge in [-0.25, -0.2) is 0 Å². The molecule has 0 atom stereocenters. The van der Waals surface area contributed by atoms with E-state index in [0.29, 0.717) is 30.4 Å². The summed E-state index contributed by atoms with van der Waals surface area (Å²) < 4.78 is 5.11. The molecule has 1 aliphatic carbocycles. The first-order valence-corrected chi connectivity index (χ1v) is 6.91. The molecule has 2 N–H and O–H groups in total. The third-order valence-corrected chi connectivity index (χ3v) is 3.52. The quantitative estimate of drug-likeness (QED) is 0.802. The number of nitrogens with two attached hydrogens (primary N) is 1. The SMILES string of the molecule is COCCN(C(=O)c1cc(N)ccc1N(C)C)C1CC1. The lowest BCUT2D eigenvalue weighted by atomic mass is 10.1. The first-order chi connectivity index (χ1) is 9.54. The van der Waals surface area contributed by atoms with Crippen molar-refractivity contribution in [1.82, 2.24) is 4.90 Å². The van der Waals surface area contributed by atoms with Crippen LogP contribution in [0.15, 0.2) is 18.2 Å². The molecule has 5 heteroatoms. The number of rotatable bonds is 6. The van der Waals surface area contributed by atoms with Gasteiger partial charge in [0.2, 0.25) is 0 Å². The molecular weight excluding hydrogens is 254 g/mol. The number of methoxy groups -OCH3 is 1. The highest BCUT2D eigenvalue weighted by atomic mass is 16.5. The normalized spacial score (nSPS) is 14.2. The molecule has 0 saturated heterocycles. The van der Waals surface area contributed by atoms with Crippen molar-refractivity contribution in [3.05, 3.63) is 23.8 Å². The zero-order valence-corrected chi connectivity index (χ0v) is 12.4. The summed E-state index contributed by atoms with van der Waals surface area (Å²) in [5, 5.41) is 0. The number of hydrogen-bond acceptors (Lipinski definition) is 4. The second-order valence-corrected chi connectivity index (χ2v) is 5.39. The highest BCUT2D eigenvalue weighted by molar-refractivity contribution is 6.01. The topological polar surface area (TPSA) is 58.8 Å². The van der Waals surface area contributed by atoms with Crippen LogP contribution < -0.4 is 10.6 Å². The minimum Gasteiger partial charge on any atom is -0.399 e. The molecule has 1 aromatic carbocycles. The van der Waals surface area contributed by atoms with Crippen molar-refractivity contribution in [2.24, 2.45) is 0 Å². The van der Waals surface area contributed by atoms with Crippen molar-refractivity contribution >= 4 is 17.3 Å². The Kier molecular flexibility index (Phi) is 4.49. The second kappa shape index (κ2) is 6.13. The van der Waals surface area contributed by atoms with Crippen LogP contribution >= 0.6 is 0 Å². The first-order valence-electron chi connectivity index (χ1n) is 6.91. The highest BCUT2D eigenvalue weighted by Gasteiger charge is 2.33. The minimum absolute atomic E-state index is 0.0422. The lowest BCUT2D eigenvalue weighted by molar-refractivity contribution is 0.0681. The van der Waals surface area contributed by atoms with E-state index in [-0.39, 0.29) is 5.91 Å². The predicted molar refractivity (Wildman–Crippen MR) is 81.1 cm³/mol. The highest BCUT2D eigenvalue weighted by Crippen LogP contribution is 2.30. The van der Waals surface area contributed by atoms with Crippen LogP contribution in [0, 0.1) is 0 Å². The molecule has 20 heavy (non-hydrogen) atoms. The van der Waals surface area contributed by atoms with Crippen molar-refractivity contribution in [3.8, 4) is 0 Å². The molecule has 0 spiro atoms. The Morgan fingerprint density at radius 2 is 2.10 bits per heavy atom. The van der Waals surface area contributed by atoms with Crippen molar-refractivity contribution in [2.75, 3.05) is 45.0 Å². The van der Waals surface area contributed by atoms with Crippen molar-refractivity contribution in [3.63, 3.8) is 0 Å². The largest absolute Gasteiger partial charge is 0.399 e. The third kappa shape index (κ3) is 3.22. The number of nitrogen functional groups attached to an aromatic ring is 1. The molecule has 0 heterocycles. The van der Waals surface area contributed by atoms with E-state index in [0.717, 1.165) is 18.5 Å². The monoisotopic (exact) mass is 277 g/mol. The number of benzene rings is 1. The maximum atomic E-state index is 12.8. The molecule has 1 saturated carbocycles. The Morgan fingerprint density at radius 1 is 1.40 bits per heavy atom. The molecule has 2 rings (SSSR count). The maximum Gasteiger partial charge on any atom is 0.256 e. The van der Waals surface area contributed by atoms with Crippen LogP contribution in [0.4, 0.5) is 11.4 Å². The van der Waals surface area contributed by atoms with Gasteiger partial charge in [0.05, 0.1) is 12.2 Å².